The van der Waals surface area contributed by atoms with Crippen LogP contribution in [-0.4, -0.2) is 42.9 Å². The lowest BCUT2D eigenvalue weighted by Gasteiger charge is -2.26. The lowest BCUT2D eigenvalue weighted by atomic mass is 9.87. The molecule has 1 fully saturated rings. The minimum atomic E-state index is -2.99. The number of carboxylic acids is 1. The highest BCUT2D eigenvalue weighted by Gasteiger charge is 2.30. The van der Waals surface area contributed by atoms with E-state index in [-0.39, 0.29) is 41.6 Å². The van der Waals surface area contributed by atoms with Gasteiger partial charge in [-0.15, -0.1) is 0 Å². The second-order valence-electron chi connectivity index (χ2n) is 7.10. The van der Waals surface area contributed by atoms with Gasteiger partial charge in [0.15, 0.2) is 9.84 Å². The number of sulfone groups is 1. The Morgan fingerprint density at radius 2 is 1.95 bits per heavy atom. The van der Waals surface area contributed by atoms with Crippen molar-refractivity contribution in [2.24, 2.45) is 11.3 Å². The summed E-state index contributed by atoms with van der Waals surface area (Å²) >= 11 is 0. The normalized spacial score (nSPS) is 22.7. The third-order valence-electron chi connectivity index (χ3n) is 3.45. The van der Waals surface area contributed by atoms with Gasteiger partial charge in [0.2, 0.25) is 5.91 Å². The van der Waals surface area contributed by atoms with E-state index in [0.29, 0.717) is 12.8 Å². The summed E-state index contributed by atoms with van der Waals surface area (Å²) < 4.78 is 22.7. The van der Waals surface area contributed by atoms with Crippen LogP contribution in [0, 0.1) is 11.3 Å². The summed E-state index contributed by atoms with van der Waals surface area (Å²) in [6.07, 6.45) is 1.11. The highest BCUT2D eigenvalue weighted by atomic mass is 32.2. The van der Waals surface area contributed by atoms with Crippen molar-refractivity contribution in [3.05, 3.63) is 0 Å². The van der Waals surface area contributed by atoms with Gasteiger partial charge in [-0.25, -0.2) is 8.42 Å². The molecule has 0 bridgehead atoms. The Morgan fingerprint density at radius 1 is 1.33 bits per heavy atom. The largest absolute Gasteiger partial charge is 0.481 e. The number of aliphatic carboxylic acids is 1. The van der Waals surface area contributed by atoms with Gasteiger partial charge < -0.3 is 10.4 Å². The molecule has 0 aliphatic carbocycles. The molecule has 0 radical (unpaired) electrons. The molecule has 7 heteroatoms. The predicted octanol–water partition coefficient (Wildman–Crippen LogP) is 1.21. The van der Waals surface area contributed by atoms with Crippen LogP contribution in [0.2, 0.25) is 0 Å². The monoisotopic (exact) mass is 319 g/mol. The second-order valence-corrected chi connectivity index (χ2v) is 9.33. The van der Waals surface area contributed by atoms with Gasteiger partial charge in [-0.2, -0.15) is 0 Å². The highest BCUT2D eigenvalue weighted by Crippen LogP contribution is 2.24. The molecular formula is C14H25NO5S. The lowest BCUT2D eigenvalue weighted by Crippen LogP contribution is -2.39. The van der Waals surface area contributed by atoms with E-state index in [9.17, 15) is 18.0 Å². The summed E-state index contributed by atoms with van der Waals surface area (Å²) in [5.41, 5.74) is -0.0932. The van der Waals surface area contributed by atoms with Gasteiger partial charge in [0.1, 0.15) is 0 Å². The fourth-order valence-electron chi connectivity index (χ4n) is 2.71. The van der Waals surface area contributed by atoms with Crippen molar-refractivity contribution in [2.45, 2.75) is 52.5 Å². The fraction of sp³-hybridized carbons (Fsp3) is 0.857. The number of nitrogens with one attached hydrogen (secondary N) is 1. The maximum atomic E-state index is 12.0. The molecule has 2 atom stereocenters. The summed E-state index contributed by atoms with van der Waals surface area (Å²) in [4.78, 5) is 22.9. The molecule has 1 heterocycles. The molecule has 1 amide bonds. The summed E-state index contributed by atoms with van der Waals surface area (Å²) in [5.74, 6) is -1.15. The molecule has 0 aromatic heterocycles. The van der Waals surface area contributed by atoms with Crippen LogP contribution in [0.4, 0.5) is 0 Å². The van der Waals surface area contributed by atoms with Crippen LogP contribution in [0.1, 0.15) is 46.5 Å². The quantitative estimate of drug-likeness (QED) is 0.766. The van der Waals surface area contributed by atoms with Crippen LogP contribution in [0.15, 0.2) is 0 Å². The number of amides is 1. The Hall–Kier alpha value is -1.11. The average molecular weight is 319 g/mol. The fourth-order valence-corrected chi connectivity index (χ4v) is 4.57. The summed E-state index contributed by atoms with van der Waals surface area (Å²) in [6.45, 7) is 5.95. The van der Waals surface area contributed by atoms with Crippen LogP contribution in [0.25, 0.3) is 0 Å². The van der Waals surface area contributed by atoms with Gasteiger partial charge in [-0.3, -0.25) is 9.59 Å². The zero-order chi connectivity index (χ0) is 16.3. The maximum Gasteiger partial charge on any atom is 0.305 e. The summed E-state index contributed by atoms with van der Waals surface area (Å²) in [6, 6.07) is -0.423. The number of hydrogen-bond donors (Lipinski definition) is 2. The van der Waals surface area contributed by atoms with Crippen molar-refractivity contribution in [3.63, 3.8) is 0 Å². The second kappa shape index (κ2) is 6.77. The smallest absolute Gasteiger partial charge is 0.305 e. The molecular weight excluding hydrogens is 294 g/mol. The van der Waals surface area contributed by atoms with E-state index in [1.807, 2.05) is 20.8 Å². The molecule has 1 aliphatic rings. The van der Waals surface area contributed by atoms with Gasteiger partial charge >= 0.3 is 5.97 Å². The molecule has 1 rings (SSSR count). The van der Waals surface area contributed by atoms with Gasteiger partial charge in [0.25, 0.3) is 0 Å². The van der Waals surface area contributed by atoms with Crippen molar-refractivity contribution >= 4 is 21.7 Å². The Balaban J connectivity index is 2.53. The van der Waals surface area contributed by atoms with Crippen molar-refractivity contribution < 1.29 is 23.1 Å². The third kappa shape index (κ3) is 7.45. The zero-order valence-corrected chi connectivity index (χ0v) is 13.7. The van der Waals surface area contributed by atoms with E-state index in [2.05, 4.69) is 5.32 Å². The Kier molecular flexibility index (Phi) is 5.78. The Morgan fingerprint density at radius 3 is 2.38 bits per heavy atom. The van der Waals surface area contributed by atoms with E-state index in [1.165, 1.54) is 0 Å². The SMILES string of the molecule is CC(C)(C)CC(CC(=O)O)NC(=O)CC1CCS(=O)(=O)C1. The molecule has 2 N–H and O–H groups in total. The Labute approximate surface area is 126 Å². The molecule has 0 aromatic carbocycles. The highest BCUT2D eigenvalue weighted by molar-refractivity contribution is 7.91. The van der Waals surface area contributed by atoms with Crippen LogP contribution in [-0.2, 0) is 19.4 Å². The van der Waals surface area contributed by atoms with Crippen LogP contribution >= 0.6 is 0 Å². The predicted molar refractivity (Wildman–Crippen MR) is 79.6 cm³/mol. The Bertz CT molecular complexity index is 492. The molecule has 122 valence electrons. The van der Waals surface area contributed by atoms with Crippen molar-refractivity contribution in [2.75, 3.05) is 11.5 Å². The van der Waals surface area contributed by atoms with Crippen LogP contribution in [0.5, 0.6) is 0 Å². The van der Waals surface area contributed by atoms with Gasteiger partial charge in [-0.05, 0) is 24.2 Å². The molecule has 2 unspecified atom stereocenters. The van der Waals surface area contributed by atoms with Gasteiger partial charge in [0.05, 0.1) is 17.9 Å². The molecule has 0 saturated carbocycles. The number of carboxylic acid groups (broad SMARTS) is 1. The number of rotatable bonds is 6. The maximum absolute atomic E-state index is 12.0. The first kappa shape index (κ1) is 17.9. The number of hydrogen-bond acceptors (Lipinski definition) is 4. The zero-order valence-electron chi connectivity index (χ0n) is 12.9. The van der Waals surface area contributed by atoms with Gasteiger partial charge in [-0.1, -0.05) is 20.8 Å². The molecule has 1 aliphatic heterocycles. The first-order chi connectivity index (χ1) is 9.47. The lowest BCUT2D eigenvalue weighted by molar-refractivity contribution is -0.137. The van der Waals surface area contributed by atoms with Crippen molar-refractivity contribution in [3.8, 4) is 0 Å². The van der Waals surface area contributed by atoms with E-state index >= 15 is 0 Å². The van der Waals surface area contributed by atoms with Crippen LogP contribution < -0.4 is 5.32 Å². The standard InChI is InChI=1S/C14H25NO5S/c1-14(2,3)8-11(7-13(17)18)15-12(16)6-10-4-5-21(19,20)9-10/h10-11H,4-9H2,1-3H3,(H,15,16)(H,17,18). The van der Waals surface area contributed by atoms with E-state index in [4.69, 9.17) is 5.11 Å². The summed E-state index contributed by atoms with van der Waals surface area (Å²) in [7, 11) is -2.99. The van der Waals surface area contributed by atoms with Crippen molar-refractivity contribution in [1.29, 1.82) is 0 Å². The van der Waals surface area contributed by atoms with E-state index in [1.54, 1.807) is 0 Å². The van der Waals surface area contributed by atoms with Crippen molar-refractivity contribution in [1.82, 2.24) is 5.32 Å². The topological polar surface area (TPSA) is 101 Å². The molecule has 0 spiro atoms. The number of carbonyl (C=O) groups is 2. The van der Waals surface area contributed by atoms with E-state index < -0.39 is 21.8 Å². The average Bonchev–Trinajstić information content (AvgIpc) is 2.53. The molecule has 1 saturated heterocycles. The number of carbonyl (C=O) groups excluding carboxylic acids is 1. The van der Waals surface area contributed by atoms with E-state index in [0.717, 1.165) is 0 Å². The molecule has 6 nitrogen and oxygen atoms in total. The van der Waals surface area contributed by atoms with Crippen LogP contribution in [0.3, 0.4) is 0 Å². The third-order valence-corrected chi connectivity index (χ3v) is 5.28. The minimum Gasteiger partial charge on any atom is -0.481 e. The first-order valence-corrected chi connectivity index (χ1v) is 9.00. The minimum absolute atomic E-state index is 0.0588. The van der Waals surface area contributed by atoms with Gasteiger partial charge in [0, 0.05) is 12.5 Å². The molecule has 21 heavy (non-hydrogen) atoms. The summed E-state index contributed by atoms with van der Waals surface area (Å²) in [5, 5.41) is 11.7. The molecule has 0 aromatic rings. The first-order valence-electron chi connectivity index (χ1n) is 7.18.